The van der Waals surface area contributed by atoms with Gasteiger partial charge in [-0.05, 0) is 25.0 Å². The van der Waals surface area contributed by atoms with E-state index in [0.29, 0.717) is 18.7 Å². The molecule has 1 amide bonds. The zero-order chi connectivity index (χ0) is 15.3. The van der Waals surface area contributed by atoms with Crippen molar-refractivity contribution < 1.29 is 17.9 Å². The zero-order valence-electron chi connectivity index (χ0n) is 12.2. The summed E-state index contributed by atoms with van der Waals surface area (Å²) in [7, 11) is -2.99. The highest BCUT2D eigenvalue weighted by Crippen LogP contribution is 2.18. The van der Waals surface area contributed by atoms with Crippen LogP contribution in [0, 0.1) is 0 Å². The molecular weight excluding hydrogens is 290 g/mol. The van der Waals surface area contributed by atoms with Gasteiger partial charge in [-0.3, -0.25) is 4.79 Å². The number of benzene rings is 1. The van der Waals surface area contributed by atoms with Gasteiger partial charge in [-0.1, -0.05) is 25.1 Å². The lowest BCUT2D eigenvalue weighted by Gasteiger charge is -2.27. The molecule has 1 atom stereocenters. The number of hydrogen-bond acceptors (Lipinski definition) is 4. The Kier molecular flexibility index (Phi) is 5.22. The zero-order valence-corrected chi connectivity index (χ0v) is 13.0. The average Bonchev–Trinajstić information content (AvgIpc) is 2.83. The van der Waals surface area contributed by atoms with E-state index in [1.165, 1.54) is 0 Å². The molecule has 1 heterocycles. The van der Waals surface area contributed by atoms with E-state index in [1.54, 1.807) is 17.0 Å². The van der Waals surface area contributed by atoms with Crippen molar-refractivity contribution in [2.24, 2.45) is 0 Å². The lowest BCUT2D eigenvalue weighted by Crippen LogP contribution is -2.44. The molecule has 1 fully saturated rings. The lowest BCUT2D eigenvalue weighted by molar-refractivity contribution is -0.135. The highest BCUT2D eigenvalue weighted by Gasteiger charge is 2.34. The summed E-state index contributed by atoms with van der Waals surface area (Å²) in [5.41, 5.74) is 0. The van der Waals surface area contributed by atoms with Crippen molar-refractivity contribution in [1.29, 1.82) is 0 Å². The standard InChI is InChI=1S/C15H21NO4S/c1-2-9-16(13-8-10-21(18,19)12-13)15(17)11-20-14-6-4-3-5-7-14/h3-7,13H,2,8-12H2,1H3/t13-/m1/s1. The van der Waals surface area contributed by atoms with Crippen LogP contribution in [-0.2, 0) is 14.6 Å². The fourth-order valence-electron chi connectivity index (χ4n) is 2.52. The first kappa shape index (κ1) is 15.8. The second kappa shape index (κ2) is 6.93. The van der Waals surface area contributed by atoms with Gasteiger partial charge in [-0.2, -0.15) is 0 Å². The first-order valence-electron chi connectivity index (χ1n) is 7.19. The highest BCUT2D eigenvalue weighted by molar-refractivity contribution is 7.91. The predicted octanol–water partition coefficient (Wildman–Crippen LogP) is 1.49. The molecule has 0 saturated carbocycles. The number of carbonyl (C=O) groups is 1. The highest BCUT2D eigenvalue weighted by atomic mass is 32.2. The Balaban J connectivity index is 1.96. The van der Waals surface area contributed by atoms with E-state index >= 15 is 0 Å². The fourth-order valence-corrected chi connectivity index (χ4v) is 4.25. The number of ether oxygens (including phenoxy) is 1. The Bertz CT molecular complexity index is 571. The smallest absolute Gasteiger partial charge is 0.260 e. The van der Waals surface area contributed by atoms with Crippen LogP contribution in [0.25, 0.3) is 0 Å². The Hall–Kier alpha value is -1.56. The van der Waals surface area contributed by atoms with Crippen LogP contribution in [0.1, 0.15) is 19.8 Å². The maximum Gasteiger partial charge on any atom is 0.260 e. The number of nitrogens with zero attached hydrogens (tertiary/aromatic N) is 1. The summed E-state index contributed by atoms with van der Waals surface area (Å²) in [5, 5.41) is 0. The van der Waals surface area contributed by atoms with Gasteiger partial charge in [0, 0.05) is 12.6 Å². The third-order valence-electron chi connectivity index (χ3n) is 3.54. The van der Waals surface area contributed by atoms with E-state index < -0.39 is 9.84 Å². The van der Waals surface area contributed by atoms with E-state index in [4.69, 9.17) is 4.74 Å². The number of rotatable bonds is 6. The molecule has 1 aromatic carbocycles. The van der Waals surface area contributed by atoms with Gasteiger partial charge in [0.05, 0.1) is 11.5 Å². The van der Waals surface area contributed by atoms with Crippen LogP contribution in [0.5, 0.6) is 5.75 Å². The van der Waals surface area contributed by atoms with Gasteiger partial charge < -0.3 is 9.64 Å². The van der Waals surface area contributed by atoms with Gasteiger partial charge in [0.2, 0.25) is 0 Å². The summed E-state index contributed by atoms with van der Waals surface area (Å²) >= 11 is 0. The Labute approximate surface area is 125 Å². The SMILES string of the molecule is CCCN(C(=O)COc1ccccc1)[C@@H]1CCS(=O)(=O)C1. The number of hydrogen-bond donors (Lipinski definition) is 0. The molecule has 0 spiro atoms. The minimum absolute atomic E-state index is 0.0550. The number of carbonyl (C=O) groups excluding carboxylic acids is 1. The third kappa shape index (κ3) is 4.46. The topological polar surface area (TPSA) is 63.7 Å². The van der Waals surface area contributed by atoms with Crippen molar-refractivity contribution in [2.75, 3.05) is 24.7 Å². The molecule has 0 aliphatic carbocycles. The van der Waals surface area contributed by atoms with E-state index in [-0.39, 0.29) is 30.1 Å². The van der Waals surface area contributed by atoms with Crippen LogP contribution in [0.2, 0.25) is 0 Å². The molecule has 116 valence electrons. The maximum absolute atomic E-state index is 12.3. The van der Waals surface area contributed by atoms with Gasteiger partial charge in [-0.25, -0.2) is 8.42 Å². The molecule has 6 heteroatoms. The molecule has 1 saturated heterocycles. The van der Waals surface area contributed by atoms with Crippen molar-refractivity contribution in [3.63, 3.8) is 0 Å². The largest absolute Gasteiger partial charge is 0.484 e. The molecule has 0 N–H and O–H groups in total. The van der Waals surface area contributed by atoms with Crippen LogP contribution < -0.4 is 4.74 Å². The predicted molar refractivity (Wildman–Crippen MR) is 81.0 cm³/mol. The van der Waals surface area contributed by atoms with Crippen molar-refractivity contribution in [3.8, 4) is 5.75 Å². The van der Waals surface area contributed by atoms with Crippen molar-refractivity contribution in [2.45, 2.75) is 25.8 Å². The van der Waals surface area contributed by atoms with Crippen LogP contribution in [0.3, 0.4) is 0 Å². The first-order chi connectivity index (χ1) is 10.0. The van der Waals surface area contributed by atoms with Crippen molar-refractivity contribution >= 4 is 15.7 Å². The quantitative estimate of drug-likeness (QED) is 0.798. The summed E-state index contributed by atoms with van der Waals surface area (Å²) in [6, 6.07) is 8.93. The van der Waals surface area contributed by atoms with E-state index in [1.807, 2.05) is 25.1 Å². The van der Waals surface area contributed by atoms with Gasteiger partial charge in [0.25, 0.3) is 5.91 Å². The minimum atomic E-state index is -2.99. The minimum Gasteiger partial charge on any atom is -0.484 e. The van der Waals surface area contributed by atoms with Crippen LogP contribution in [0.15, 0.2) is 30.3 Å². The van der Waals surface area contributed by atoms with Gasteiger partial charge in [-0.15, -0.1) is 0 Å². The summed E-state index contributed by atoms with van der Waals surface area (Å²) < 4.78 is 28.6. The Morgan fingerprint density at radius 1 is 1.33 bits per heavy atom. The summed E-state index contributed by atoms with van der Waals surface area (Å²) in [4.78, 5) is 14.0. The molecule has 0 aromatic heterocycles. The second-order valence-corrected chi connectivity index (χ2v) is 7.47. The maximum atomic E-state index is 12.3. The molecule has 5 nitrogen and oxygen atoms in total. The van der Waals surface area contributed by atoms with Crippen LogP contribution in [0.4, 0.5) is 0 Å². The van der Waals surface area contributed by atoms with Crippen LogP contribution >= 0.6 is 0 Å². The summed E-state index contributed by atoms with van der Waals surface area (Å²) in [6.07, 6.45) is 1.33. The summed E-state index contributed by atoms with van der Waals surface area (Å²) in [6.45, 7) is 2.49. The summed E-state index contributed by atoms with van der Waals surface area (Å²) in [5.74, 6) is 0.735. The lowest BCUT2D eigenvalue weighted by atomic mass is 10.2. The fraction of sp³-hybridized carbons (Fsp3) is 0.533. The molecule has 2 rings (SSSR count). The number of amides is 1. The van der Waals surface area contributed by atoms with Crippen molar-refractivity contribution in [3.05, 3.63) is 30.3 Å². The first-order valence-corrected chi connectivity index (χ1v) is 9.01. The van der Waals surface area contributed by atoms with E-state index in [9.17, 15) is 13.2 Å². The number of sulfone groups is 1. The van der Waals surface area contributed by atoms with Gasteiger partial charge in [0.1, 0.15) is 5.75 Å². The molecule has 0 radical (unpaired) electrons. The van der Waals surface area contributed by atoms with Gasteiger partial charge in [0.15, 0.2) is 16.4 Å². The molecule has 1 aliphatic rings. The van der Waals surface area contributed by atoms with Crippen molar-refractivity contribution in [1.82, 2.24) is 4.90 Å². The number of para-hydroxylation sites is 1. The molecular formula is C15H21NO4S. The molecule has 0 bridgehead atoms. The molecule has 21 heavy (non-hydrogen) atoms. The molecule has 1 aromatic rings. The monoisotopic (exact) mass is 311 g/mol. The Morgan fingerprint density at radius 3 is 2.62 bits per heavy atom. The second-order valence-electron chi connectivity index (χ2n) is 5.25. The molecule has 1 aliphatic heterocycles. The average molecular weight is 311 g/mol. The van der Waals surface area contributed by atoms with Gasteiger partial charge >= 0.3 is 0 Å². The van der Waals surface area contributed by atoms with Crippen LogP contribution in [-0.4, -0.2) is 49.9 Å². The van der Waals surface area contributed by atoms with E-state index in [2.05, 4.69) is 0 Å². The Morgan fingerprint density at radius 2 is 2.05 bits per heavy atom. The normalized spacial score (nSPS) is 20.1. The third-order valence-corrected chi connectivity index (χ3v) is 5.29. The molecule has 0 unspecified atom stereocenters. The van der Waals surface area contributed by atoms with E-state index in [0.717, 1.165) is 6.42 Å².